The van der Waals surface area contributed by atoms with Crippen molar-refractivity contribution < 1.29 is 19.0 Å². The molecule has 2 aromatic rings. The lowest BCUT2D eigenvalue weighted by molar-refractivity contribution is -0.122. The molecule has 23 heavy (non-hydrogen) atoms. The van der Waals surface area contributed by atoms with Gasteiger partial charge < -0.3 is 19.5 Å². The fraction of sp³-hybridized carbons (Fsp3) is 0.278. The summed E-state index contributed by atoms with van der Waals surface area (Å²) in [5, 5.41) is 2.84. The molecule has 0 saturated carbocycles. The summed E-state index contributed by atoms with van der Waals surface area (Å²) in [7, 11) is 3.19. The molecule has 0 aromatic heterocycles. The predicted molar refractivity (Wildman–Crippen MR) is 89.3 cm³/mol. The van der Waals surface area contributed by atoms with Gasteiger partial charge in [0.1, 0.15) is 17.2 Å². The summed E-state index contributed by atoms with van der Waals surface area (Å²) in [6.07, 6.45) is -0.0247. The van der Waals surface area contributed by atoms with Gasteiger partial charge in [-0.3, -0.25) is 4.79 Å². The fourth-order valence-corrected chi connectivity index (χ4v) is 2.06. The number of hydrogen-bond acceptors (Lipinski definition) is 4. The van der Waals surface area contributed by atoms with E-state index in [0.717, 1.165) is 5.75 Å². The van der Waals surface area contributed by atoms with Crippen molar-refractivity contribution in [2.75, 3.05) is 19.5 Å². The van der Waals surface area contributed by atoms with Gasteiger partial charge in [0.2, 0.25) is 0 Å². The second-order valence-electron chi connectivity index (χ2n) is 4.91. The molecule has 1 atom stereocenters. The molecule has 0 bridgehead atoms. The molecule has 122 valence electrons. The van der Waals surface area contributed by atoms with Crippen molar-refractivity contribution in [2.45, 2.75) is 19.4 Å². The Kier molecular flexibility index (Phi) is 5.86. The third kappa shape index (κ3) is 4.64. The van der Waals surface area contributed by atoms with Crippen molar-refractivity contribution in [3.05, 3.63) is 48.5 Å². The number of ether oxygens (including phenoxy) is 3. The van der Waals surface area contributed by atoms with Gasteiger partial charge in [0.25, 0.3) is 5.91 Å². The molecule has 2 aromatic carbocycles. The minimum Gasteiger partial charge on any atom is -0.497 e. The lowest BCUT2D eigenvalue weighted by atomic mass is 10.2. The normalized spacial score (nSPS) is 11.4. The van der Waals surface area contributed by atoms with Gasteiger partial charge in [-0.2, -0.15) is 0 Å². The highest BCUT2D eigenvalue weighted by atomic mass is 16.5. The number of methoxy groups -OCH3 is 2. The van der Waals surface area contributed by atoms with Gasteiger partial charge in [-0.1, -0.05) is 13.0 Å². The highest BCUT2D eigenvalue weighted by molar-refractivity contribution is 5.94. The van der Waals surface area contributed by atoms with Crippen molar-refractivity contribution in [2.24, 2.45) is 0 Å². The number of carbonyl (C=O) groups is 1. The van der Waals surface area contributed by atoms with Crippen molar-refractivity contribution >= 4 is 11.6 Å². The zero-order valence-corrected chi connectivity index (χ0v) is 13.5. The van der Waals surface area contributed by atoms with Crippen LogP contribution in [0.25, 0.3) is 0 Å². The van der Waals surface area contributed by atoms with Crippen molar-refractivity contribution in [3.63, 3.8) is 0 Å². The maximum atomic E-state index is 12.4. The SMILES string of the molecule is CC[C@H](Oc1cccc(OC)c1)C(=O)Nc1ccc(OC)cc1. The third-order valence-corrected chi connectivity index (χ3v) is 3.34. The average molecular weight is 315 g/mol. The second-order valence-corrected chi connectivity index (χ2v) is 4.91. The van der Waals surface area contributed by atoms with E-state index in [9.17, 15) is 4.79 Å². The van der Waals surface area contributed by atoms with E-state index >= 15 is 0 Å². The Morgan fingerprint density at radius 2 is 1.65 bits per heavy atom. The second kappa shape index (κ2) is 8.08. The van der Waals surface area contributed by atoms with Gasteiger partial charge in [-0.05, 0) is 42.8 Å². The lowest BCUT2D eigenvalue weighted by Crippen LogP contribution is -2.32. The minimum absolute atomic E-state index is 0.194. The quantitative estimate of drug-likeness (QED) is 0.849. The smallest absolute Gasteiger partial charge is 0.265 e. The van der Waals surface area contributed by atoms with Crippen LogP contribution in [0.2, 0.25) is 0 Å². The van der Waals surface area contributed by atoms with Crippen LogP contribution in [-0.4, -0.2) is 26.2 Å². The highest BCUT2D eigenvalue weighted by Crippen LogP contribution is 2.21. The Morgan fingerprint density at radius 3 is 2.26 bits per heavy atom. The molecular weight excluding hydrogens is 294 g/mol. The van der Waals surface area contributed by atoms with Gasteiger partial charge >= 0.3 is 0 Å². The van der Waals surface area contributed by atoms with Crippen LogP contribution >= 0.6 is 0 Å². The summed E-state index contributed by atoms with van der Waals surface area (Å²) in [6, 6.07) is 14.4. The van der Waals surface area contributed by atoms with Crippen LogP contribution in [0.3, 0.4) is 0 Å². The molecule has 0 heterocycles. The van der Waals surface area contributed by atoms with Crippen LogP contribution in [0.1, 0.15) is 13.3 Å². The number of benzene rings is 2. The molecular formula is C18H21NO4. The van der Waals surface area contributed by atoms with Crippen molar-refractivity contribution in [3.8, 4) is 17.2 Å². The van der Waals surface area contributed by atoms with E-state index in [1.54, 1.807) is 50.6 Å². The molecule has 0 aliphatic rings. The van der Waals surface area contributed by atoms with Crippen molar-refractivity contribution in [1.82, 2.24) is 0 Å². The molecule has 1 amide bonds. The number of hydrogen-bond donors (Lipinski definition) is 1. The Labute approximate surface area is 136 Å². The summed E-state index contributed by atoms with van der Waals surface area (Å²) in [6.45, 7) is 1.90. The summed E-state index contributed by atoms with van der Waals surface area (Å²) in [5.41, 5.74) is 0.698. The molecule has 5 heteroatoms. The van der Waals surface area contributed by atoms with Crippen LogP contribution in [0.4, 0.5) is 5.69 Å². The van der Waals surface area contributed by atoms with E-state index in [1.165, 1.54) is 0 Å². The molecule has 0 unspecified atom stereocenters. The van der Waals surface area contributed by atoms with Crippen LogP contribution in [0.15, 0.2) is 48.5 Å². The maximum absolute atomic E-state index is 12.4. The minimum atomic E-state index is -0.579. The molecule has 0 spiro atoms. The van der Waals surface area contributed by atoms with Crippen molar-refractivity contribution in [1.29, 1.82) is 0 Å². The van der Waals surface area contributed by atoms with Crippen LogP contribution < -0.4 is 19.5 Å². The first-order valence-electron chi connectivity index (χ1n) is 7.42. The Balaban J connectivity index is 2.02. The standard InChI is InChI=1S/C18H21NO4/c1-4-17(23-16-7-5-6-15(12-16)22-3)18(20)19-13-8-10-14(21-2)11-9-13/h5-12,17H,4H2,1-3H3,(H,19,20)/t17-/m0/s1. The first-order valence-corrected chi connectivity index (χ1v) is 7.42. The Morgan fingerprint density at radius 1 is 1.00 bits per heavy atom. The number of anilines is 1. The molecule has 5 nitrogen and oxygen atoms in total. The lowest BCUT2D eigenvalue weighted by Gasteiger charge is -2.17. The van der Waals surface area contributed by atoms with Gasteiger partial charge in [-0.15, -0.1) is 0 Å². The zero-order chi connectivity index (χ0) is 16.7. The number of amides is 1. The summed E-state index contributed by atoms with van der Waals surface area (Å²) in [4.78, 5) is 12.4. The topological polar surface area (TPSA) is 56.8 Å². The number of rotatable bonds is 7. The largest absolute Gasteiger partial charge is 0.497 e. The maximum Gasteiger partial charge on any atom is 0.265 e. The summed E-state index contributed by atoms with van der Waals surface area (Å²) >= 11 is 0. The van der Waals surface area contributed by atoms with E-state index in [1.807, 2.05) is 19.1 Å². The first-order chi connectivity index (χ1) is 11.2. The molecule has 0 saturated heterocycles. The Hall–Kier alpha value is -2.69. The molecule has 0 radical (unpaired) electrons. The van der Waals surface area contributed by atoms with Crippen LogP contribution in [-0.2, 0) is 4.79 Å². The van der Waals surface area contributed by atoms with Crippen LogP contribution in [0.5, 0.6) is 17.2 Å². The summed E-state index contributed by atoms with van der Waals surface area (Å²) in [5.74, 6) is 1.83. The van der Waals surface area contributed by atoms with E-state index in [-0.39, 0.29) is 5.91 Å². The molecule has 0 aliphatic heterocycles. The van der Waals surface area contributed by atoms with E-state index < -0.39 is 6.10 Å². The average Bonchev–Trinajstić information content (AvgIpc) is 2.60. The molecule has 0 fully saturated rings. The number of carbonyl (C=O) groups excluding carboxylic acids is 1. The van der Waals surface area contributed by atoms with Gasteiger partial charge in [0.05, 0.1) is 14.2 Å². The number of nitrogens with one attached hydrogen (secondary N) is 1. The summed E-state index contributed by atoms with van der Waals surface area (Å²) < 4.78 is 16.0. The molecule has 1 N–H and O–H groups in total. The fourth-order valence-electron chi connectivity index (χ4n) is 2.06. The molecule has 2 rings (SSSR count). The monoisotopic (exact) mass is 315 g/mol. The van der Waals surface area contributed by atoms with Gasteiger partial charge in [0.15, 0.2) is 6.10 Å². The first kappa shape index (κ1) is 16.7. The predicted octanol–water partition coefficient (Wildman–Crippen LogP) is 3.50. The van der Waals surface area contributed by atoms with Gasteiger partial charge in [-0.25, -0.2) is 0 Å². The third-order valence-electron chi connectivity index (χ3n) is 3.34. The molecule has 0 aliphatic carbocycles. The van der Waals surface area contributed by atoms with E-state index in [4.69, 9.17) is 14.2 Å². The highest BCUT2D eigenvalue weighted by Gasteiger charge is 2.18. The van der Waals surface area contributed by atoms with Crippen LogP contribution in [0, 0.1) is 0 Å². The van der Waals surface area contributed by atoms with E-state index in [2.05, 4.69) is 5.32 Å². The zero-order valence-electron chi connectivity index (χ0n) is 13.5. The van der Waals surface area contributed by atoms with E-state index in [0.29, 0.717) is 23.6 Å². The van der Waals surface area contributed by atoms with Gasteiger partial charge in [0, 0.05) is 11.8 Å². The Bertz CT molecular complexity index is 640.